The predicted octanol–water partition coefficient (Wildman–Crippen LogP) is 3.85. The summed E-state index contributed by atoms with van der Waals surface area (Å²) in [5.41, 5.74) is 1.14. The van der Waals surface area contributed by atoms with E-state index in [1.54, 1.807) is 6.07 Å². The Labute approximate surface area is 111 Å². The fourth-order valence-electron chi connectivity index (χ4n) is 2.48. The summed E-state index contributed by atoms with van der Waals surface area (Å²) >= 11 is 2.04. The highest BCUT2D eigenvalue weighted by molar-refractivity contribution is 7.99. The van der Waals surface area contributed by atoms with Crippen LogP contribution in [0.3, 0.4) is 0 Å². The van der Waals surface area contributed by atoms with E-state index < -0.39 is 0 Å². The molecule has 18 heavy (non-hydrogen) atoms. The van der Waals surface area contributed by atoms with Crippen molar-refractivity contribution in [2.75, 3.05) is 16.8 Å². The Morgan fingerprint density at radius 1 is 1.00 bits per heavy atom. The zero-order chi connectivity index (χ0) is 12.4. The van der Waals surface area contributed by atoms with Crippen LogP contribution in [-0.2, 0) is 0 Å². The minimum absolute atomic E-state index is 0.357. The molecule has 0 spiro atoms. The minimum Gasteiger partial charge on any atom is -0.507 e. The molecule has 3 rings (SSSR count). The maximum absolute atomic E-state index is 9.87. The van der Waals surface area contributed by atoms with Crippen LogP contribution in [0, 0.1) is 0 Å². The third-order valence-corrected chi connectivity index (χ3v) is 4.53. The van der Waals surface area contributed by atoms with Crippen molar-refractivity contribution in [2.24, 2.45) is 0 Å². The van der Waals surface area contributed by atoms with Gasteiger partial charge < -0.3 is 10.4 Å². The van der Waals surface area contributed by atoms with Crippen molar-refractivity contribution in [3.8, 4) is 5.75 Å². The largest absolute Gasteiger partial charge is 0.507 e. The van der Waals surface area contributed by atoms with E-state index in [1.165, 1.54) is 24.3 Å². The smallest absolute Gasteiger partial charge is 0.123 e. The number of rotatable bonds is 2. The lowest BCUT2D eigenvalue weighted by Gasteiger charge is -2.24. The number of thioether (sulfide) groups is 1. The second-order valence-corrected chi connectivity index (χ2v) is 5.93. The van der Waals surface area contributed by atoms with Gasteiger partial charge in [-0.05, 0) is 36.5 Å². The number of phenolic OH excluding ortho intramolecular Hbond substituents is 1. The molecule has 0 bridgehead atoms. The summed E-state index contributed by atoms with van der Waals surface area (Å²) < 4.78 is 0. The Morgan fingerprint density at radius 2 is 1.72 bits per heavy atom. The van der Waals surface area contributed by atoms with Gasteiger partial charge in [-0.3, -0.25) is 0 Å². The zero-order valence-corrected chi connectivity index (χ0v) is 11.0. The van der Waals surface area contributed by atoms with Gasteiger partial charge in [0.1, 0.15) is 5.75 Å². The van der Waals surface area contributed by atoms with Crippen molar-refractivity contribution in [2.45, 2.75) is 18.9 Å². The molecule has 0 aromatic heterocycles. The summed E-state index contributed by atoms with van der Waals surface area (Å²) in [5.74, 6) is 2.84. The molecule has 1 saturated heterocycles. The fraction of sp³-hybridized carbons (Fsp3) is 0.333. The van der Waals surface area contributed by atoms with Crippen LogP contribution in [0.5, 0.6) is 5.75 Å². The Kier molecular flexibility index (Phi) is 3.33. The predicted molar refractivity (Wildman–Crippen MR) is 79.6 cm³/mol. The van der Waals surface area contributed by atoms with Crippen LogP contribution in [0.4, 0.5) is 5.69 Å². The molecule has 2 nitrogen and oxygen atoms in total. The van der Waals surface area contributed by atoms with Gasteiger partial charge in [0.2, 0.25) is 0 Å². The summed E-state index contributed by atoms with van der Waals surface area (Å²) in [6.07, 6.45) is 2.44. The Bertz CT molecular complexity index is 549. The van der Waals surface area contributed by atoms with Crippen LogP contribution in [0.2, 0.25) is 0 Å². The van der Waals surface area contributed by atoms with Gasteiger partial charge in [-0.15, -0.1) is 0 Å². The fourth-order valence-corrected chi connectivity index (χ4v) is 3.59. The molecular formula is C15H17NOS. The van der Waals surface area contributed by atoms with Crippen LogP contribution < -0.4 is 5.32 Å². The number of benzene rings is 2. The van der Waals surface area contributed by atoms with E-state index in [9.17, 15) is 5.11 Å². The molecule has 2 aromatic carbocycles. The van der Waals surface area contributed by atoms with Crippen molar-refractivity contribution in [3.63, 3.8) is 0 Å². The first kappa shape index (κ1) is 11.7. The molecule has 1 heterocycles. The van der Waals surface area contributed by atoms with Crippen molar-refractivity contribution in [3.05, 3.63) is 36.4 Å². The molecule has 2 N–H and O–H groups in total. The van der Waals surface area contributed by atoms with E-state index in [1.807, 2.05) is 30.0 Å². The molecule has 94 valence electrons. The summed E-state index contributed by atoms with van der Waals surface area (Å²) in [6, 6.07) is 12.3. The van der Waals surface area contributed by atoms with E-state index in [-0.39, 0.29) is 0 Å². The topological polar surface area (TPSA) is 32.3 Å². The van der Waals surface area contributed by atoms with Gasteiger partial charge in [0.05, 0.1) is 0 Å². The number of hydrogen-bond acceptors (Lipinski definition) is 3. The number of fused-ring (bicyclic) bond motifs is 1. The van der Waals surface area contributed by atoms with Gasteiger partial charge in [0.25, 0.3) is 0 Å². The van der Waals surface area contributed by atoms with E-state index in [2.05, 4.69) is 17.4 Å². The molecular weight excluding hydrogens is 242 g/mol. The van der Waals surface area contributed by atoms with Crippen molar-refractivity contribution in [1.29, 1.82) is 0 Å². The number of nitrogens with one attached hydrogen (secondary N) is 1. The average molecular weight is 259 g/mol. The Hall–Kier alpha value is -1.35. The first-order valence-electron chi connectivity index (χ1n) is 6.39. The molecule has 2 aromatic rings. The summed E-state index contributed by atoms with van der Waals surface area (Å²) in [4.78, 5) is 0. The van der Waals surface area contributed by atoms with Crippen molar-refractivity contribution >= 4 is 28.2 Å². The second-order valence-electron chi connectivity index (χ2n) is 4.71. The van der Waals surface area contributed by atoms with Crippen molar-refractivity contribution in [1.82, 2.24) is 0 Å². The lowest BCUT2D eigenvalue weighted by molar-refractivity contribution is 0.481. The number of aromatic hydroxyl groups is 1. The van der Waals surface area contributed by atoms with Crippen LogP contribution in [0.25, 0.3) is 10.8 Å². The SMILES string of the molecule is Oc1cccc2c(NC3CCSCC3)cccc12. The molecule has 0 aliphatic carbocycles. The molecule has 0 atom stereocenters. The summed E-state index contributed by atoms with van der Waals surface area (Å²) in [6.45, 7) is 0. The standard InChI is InChI=1S/C15H17NOS/c17-15-6-2-3-12-13(15)4-1-5-14(12)16-11-7-9-18-10-8-11/h1-6,11,16-17H,7-10H2. The van der Waals surface area contributed by atoms with Crippen LogP contribution in [-0.4, -0.2) is 22.7 Å². The number of phenols is 1. The van der Waals surface area contributed by atoms with Crippen LogP contribution in [0.15, 0.2) is 36.4 Å². The zero-order valence-electron chi connectivity index (χ0n) is 10.2. The van der Waals surface area contributed by atoms with E-state index in [4.69, 9.17) is 0 Å². The van der Waals surface area contributed by atoms with Gasteiger partial charge in [-0.25, -0.2) is 0 Å². The normalized spacial score (nSPS) is 16.9. The summed E-state index contributed by atoms with van der Waals surface area (Å²) in [7, 11) is 0. The minimum atomic E-state index is 0.357. The second kappa shape index (κ2) is 5.11. The molecule has 1 aliphatic heterocycles. The van der Waals surface area contributed by atoms with E-state index >= 15 is 0 Å². The van der Waals surface area contributed by atoms with Gasteiger partial charge in [0, 0.05) is 22.5 Å². The lowest BCUT2D eigenvalue weighted by Crippen LogP contribution is -2.24. The van der Waals surface area contributed by atoms with E-state index in [0.29, 0.717) is 11.8 Å². The maximum Gasteiger partial charge on any atom is 0.123 e. The molecule has 3 heteroatoms. The van der Waals surface area contributed by atoms with Gasteiger partial charge in [-0.2, -0.15) is 11.8 Å². The first-order chi connectivity index (χ1) is 8.84. The molecule has 0 unspecified atom stereocenters. The molecule has 1 aliphatic rings. The third-order valence-electron chi connectivity index (χ3n) is 3.48. The molecule has 1 fully saturated rings. The van der Waals surface area contributed by atoms with Crippen LogP contribution in [0.1, 0.15) is 12.8 Å². The third kappa shape index (κ3) is 2.27. The highest BCUT2D eigenvalue weighted by Crippen LogP contribution is 2.31. The lowest BCUT2D eigenvalue weighted by atomic mass is 10.1. The number of hydrogen-bond donors (Lipinski definition) is 2. The van der Waals surface area contributed by atoms with Gasteiger partial charge in [-0.1, -0.05) is 24.3 Å². The molecule has 0 saturated carbocycles. The first-order valence-corrected chi connectivity index (χ1v) is 7.55. The quantitative estimate of drug-likeness (QED) is 0.859. The molecule has 0 amide bonds. The number of anilines is 1. The highest BCUT2D eigenvalue weighted by Gasteiger charge is 2.14. The Morgan fingerprint density at radius 3 is 2.56 bits per heavy atom. The maximum atomic E-state index is 9.87. The highest BCUT2D eigenvalue weighted by atomic mass is 32.2. The van der Waals surface area contributed by atoms with E-state index in [0.717, 1.165) is 16.5 Å². The monoisotopic (exact) mass is 259 g/mol. The Balaban J connectivity index is 1.93. The van der Waals surface area contributed by atoms with Gasteiger partial charge in [0.15, 0.2) is 0 Å². The van der Waals surface area contributed by atoms with Crippen LogP contribution >= 0.6 is 11.8 Å². The van der Waals surface area contributed by atoms with Crippen molar-refractivity contribution < 1.29 is 5.11 Å². The summed E-state index contributed by atoms with van der Waals surface area (Å²) in [5, 5.41) is 15.5. The van der Waals surface area contributed by atoms with Gasteiger partial charge >= 0.3 is 0 Å². The molecule has 0 radical (unpaired) electrons. The average Bonchev–Trinajstić information content (AvgIpc) is 2.41.